The van der Waals surface area contributed by atoms with Gasteiger partial charge in [-0.3, -0.25) is 0 Å². The standard InChI is InChI=1S/C12H13F2N3O2/c1-2-18-6-9(15)11-16-12(19-17-11)7-4-3-5-8(13)10(7)14/h3-5,9H,2,6,15H2,1H3. The van der Waals surface area contributed by atoms with E-state index in [0.717, 1.165) is 6.07 Å². The van der Waals surface area contributed by atoms with E-state index in [4.69, 9.17) is 15.0 Å². The third-order valence-electron chi connectivity index (χ3n) is 2.46. The largest absolute Gasteiger partial charge is 0.380 e. The molecule has 5 nitrogen and oxygen atoms in total. The quantitative estimate of drug-likeness (QED) is 0.899. The Morgan fingerprint density at radius 3 is 2.95 bits per heavy atom. The van der Waals surface area contributed by atoms with Crippen LogP contribution in [0.4, 0.5) is 8.78 Å². The van der Waals surface area contributed by atoms with Crippen molar-refractivity contribution < 1.29 is 18.0 Å². The number of hydrogen-bond donors (Lipinski definition) is 1. The predicted octanol–water partition coefficient (Wildman–Crippen LogP) is 2.05. The number of aromatic nitrogens is 2. The molecule has 19 heavy (non-hydrogen) atoms. The number of benzene rings is 1. The van der Waals surface area contributed by atoms with Crippen LogP contribution >= 0.6 is 0 Å². The molecule has 0 saturated carbocycles. The Labute approximate surface area is 108 Å². The molecule has 0 saturated heterocycles. The Morgan fingerprint density at radius 2 is 2.21 bits per heavy atom. The highest BCUT2D eigenvalue weighted by atomic mass is 19.2. The molecule has 0 aliphatic heterocycles. The SMILES string of the molecule is CCOCC(N)c1noc(-c2cccc(F)c2F)n1. The smallest absolute Gasteiger partial charge is 0.261 e. The highest BCUT2D eigenvalue weighted by Gasteiger charge is 2.19. The molecule has 0 fully saturated rings. The van der Waals surface area contributed by atoms with Crippen LogP contribution in [0.5, 0.6) is 0 Å². The molecule has 2 rings (SSSR count). The molecule has 0 bridgehead atoms. The van der Waals surface area contributed by atoms with E-state index in [9.17, 15) is 8.78 Å². The lowest BCUT2D eigenvalue weighted by Gasteiger charge is -2.05. The van der Waals surface area contributed by atoms with Crippen molar-refractivity contribution in [1.82, 2.24) is 10.1 Å². The molecule has 1 atom stereocenters. The fourth-order valence-corrected chi connectivity index (χ4v) is 1.48. The molecule has 2 aromatic rings. The summed E-state index contributed by atoms with van der Waals surface area (Å²) < 4.78 is 36.6. The van der Waals surface area contributed by atoms with Crippen molar-refractivity contribution in [2.45, 2.75) is 13.0 Å². The average Bonchev–Trinajstić information content (AvgIpc) is 2.88. The number of ether oxygens (including phenoxy) is 1. The fraction of sp³-hybridized carbons (Fsp3) is 0.333. The first-order valence-corrected chi connectivity index (χ1v) is 5.74. The van der Waals surface area contributed by atoms with Crippen LogP contribution in [0.3, 0.4) is 0 Å². The van der Waals surface area contributed by atoms with Gasteiger partial charge in [-0.05, 0) is 19.1 Å². The van der Waals surface area contributed by atoms with Crippen molar-refractivity contribution in [1.29, 1.82) is 0 Å². The molecule has 1 unspecified atom stereocenters. The maximum Gasteiger partial charge on any atom is 0.261 e. The molecule has 1 aromatic heterocycles. The van der Waals surface area contributed by atoms with Crippen LogP contribution in [0.1, 0.15) is 18.8 Å². The first-order chi connectivity index (χ1) is 9.13. The summed E-state index contributed by atoms with van der Waals surface area (Å²) in [4.78, 5) is 3.95. The van der Waals surface area contributed by atoms with E-state index >= 15 is 0 Å². The fourth-order valence-electron chi connectivity index (χ4n) is 1.48. The minimum Gasteiger partial charge on any atom is -0.380 e. The van der Waals surface area contributed by atoms with Gasteiger partial charge in [0.1, 0.15) is 0 Å². The Balaban J connectivity index is 2.23. The zero-order valence-corrected chi connectivity index (χ0v) is 10.3. The molecule has 0 radical (unpaired) electrons. The number of rotatable bonds is 5. The second-order valence-electron chi connectivity index (χ2n) is 3.83. The van der Waals surface area contributed by atoms with E-state index in [1.165, 1.54) is 12.1 Å². The van der Waals surface area contributed by atoms with Crippen LogP contribution in [0.25, 0.3) is 11.5 Å². The Morgan fingerprint density at radius 1 is 1.42 bits per heavy atom. The Bertz CT molecular complexity index is 560. The summed E-state index contributed by atoms with van der Waals surface area (Å²) in [5.41, 5.74) is 5.67. The highest BCUT2D eigenvalue weighted by molar-refractivity contribution is 5.53. The van der Waals surface area contributed by atoms with Gasteiger partial charge in [-0.2, -0.15) is 4.98 Å². The van der Waals surface area contributed by atoms with E-state index in [0.29, 0.717) is 6.61 Å². The van der Waals surface area contributed by atoms with Crippen LogP contribution in [-0.2, 0) is 4.74 Å². The lowest BCUT2D eigenvalue weighted by Crippen LogP contribution is -2.18. The minimum atomic E-state index is -1.03. The molecular weight excluding hydrogens is 256 g/mol. The van der Waals surface area contributed by atoms with Gasteiger partial charge in [0.2, 0.25) is 0 Å². The van der Waals surface area contributed by atoms with Crippen LogP contribution in [0.2, 0.25) is 0 Å². The number of hydrogen-bond acceptors (Lipinski definition) is 5. The lowest BCUT2D eigenvalue weighted by molar-refractivity contribution is 0.130. The van der Waals surface area contributed by atoms with Crippen molar-refractivity contribution in [2.75, 3.05) is 13.2 Å². The molecule has 0 spiro atoms. The number of halogens is 2. The highest BCUT2D eigenvalue weighted by Crippen LogP contribution is 2.23. The number of nitrogens with two attached hydrogens (primary N) is 1. The van der Waals surface area contributed by atoms with Gasteiger partial charge in [-0.1, -0.05) is 11.2 Å². The van der Waals surface area contributed by atoms with E-state index in [1.807, 2.05) is 6.92 Å². The van der Waals surface area contributed by atoms with Gasteiger partial charge >= 0.3 is 0 Å². The molecule has 0 aliphatic rings. The average molecular weight is 269 g/mol. The van der Waals surface area contributed by atoms with Gasteiger partial charge in [-0.25, -0.2) is 8.78 Å². The third-order valence-corrected chi connectivity index (χ3v) is 2.46. The minimum absolute atomic E-state index is 0.0950. The molecular formula is C12H13F2N3O2. The number of nitrogens with zero attached hydrogens (tertiary/aromatic N) is 2. The molecule has 2 N–H and O–H groups in total. The van der Waals surface area contributed by atoms with E-state index in [2.05, 4.69) is 10.1 Å². The summed E-state index contributed by atoms with van der Waals surface area (Å²) in [5.74, 6) is -1.93. The topological polar surface area (TPSA) is 74.2 Å². The third kappa shape index (κ3) is 2.94. The Kier molecular flexibility index (Phi) is 4.18. The maximum absolute atomic E-state index is 13.5. The first kappa shape index (κ1) is 13.6. The maximum atomic E-state index is 13.5. The second kappa shape index (κ2) is 5.85. The summed E-state index contributed by atoms with van der Waals surface area (Å²) in [6, 6.07) is 3.15. The zero-order valence-electron chi connectivity index (χ0n) is 10.3. The summed E-state index contributed by atoms with van der Waals surface area (Å²) >= 11 is 0. The van der Waals surface area contributed by atoms with Gasteiger partial charge in [0.05, 0.1) is 18.2 Å². The van der Waals surface area contributed by atoms with Crippen LogP contribution in [0.15, 0.2) is 22.7 Å². The van der Waals surface area contributed by atoms with Gasteiger partial charge in [-0.15, -0.1) is 0 Å². The van der Waals surface area contributed by atoms with Gasteiger partial charge in [0.15, 0.2) is 17.5 Å². The summed E-state index contributed by atoms with van der Waals surface area (Å²) in [6.45, 7) is 2.56. The zero-order chi connectivity index (χ0) is 13.8. The second-order valence-corrected chi connectivity index (χ2v) is 3.83. The molecule has 0 amide bonds. The molecule has 1 heterocycles. The molecule has 0 aliphatic carbocycles. The van der Waals surface area contributed by atoms with Gasteiger partial charge in [0, 0.05) is 6.61 Å². The van der Waals surface area contributed by atoms with Gasteiger partial charge in [0.25, 0.3) is 5.89 Å². The summed E-state index contributed by atoms with van der Waals surface area (Å²) in [5, 5.41) is 3.64. The van der Waals surface area contributed by atoms with E-state index < -0.39 is 17.7 Å². The van der Waals surface area contributed by atoms with Crippen molar-refractivity contribution in [3.63, 3.8) is 0 Å². The first-order valence-electron chi connectivity index (χ1n) is 5.74. The molecule has 1 aromatic carbocycles. The normalized spacial score (nSPS) is 12.6. The van der Waals surface area contributed by atoms with Gasteiger partial charge < -0.3 is 15.0 Å². The predicted molar refractivity (Wildman–Crippen MR) is 63.1 cm³/mol. The Hall–Kier alpha value is -1.86. The van der Waals surface area contributed by atoms with Crippen molar-refractivity contribution in [2.24, 2.45) is 5.73 Å². The molecule has 102 valence electrons. The van der Waals surface area contributed by atoms with Crippen LogP contribution in [-0.4, -0.2) is 23.4 Å². The summed E-state index contributed by atoms with van der Waals surface area (Å²) in [6.07, 6.45) is 0. The summed E-state index contributed by atoms with van der Waals surface area (Å²) in [7, 11) is 0. The van der Waals surface area contributed by atoms with Crippen LogP contribution in [0, 0.1) is 11.6 Å². The monoisotopic (exact) mass is 269 g/mol. The van der Waals surface area contributed by atoms with E-state index in [1.54, 1.807) is 0 Å². The van der Waals surface area contributed by atoms with Crippen molar-refractivity contribution >= 4 is 0 Å². The lowest BCUT2D eigenvalue weighted by atomic mass is 10.2. The van der Waals surface area contributed by atoms with E-state index in [-0.39, 0.29) is 23.9 Å². The van der Waals surface area contributed by atoms with Crippen molar-refractivity contribution in [3.8, 4) is 11.5 Å². The molecule has 7 heteroatoms. The van der Waals surface area contributed by atoms with Crippen molar-refractivity contribution in [3.05, 3.63) is 35.7 Å². The van der Waals surface area contributed by atoms with Crippen LogP contribution < -0.4 is 5.73 Å².